The van der Waals surface area contributed by atoms with Gasteiger partial charge < -0.3 is 10.4 Å². The van der Waals surface area contributed by atoms with Crippen LogP contribution in [0.15, 0.2) is 43.0 Å². The average Bonchev–Trinajstić information content (AvgIpc) is 2.25. The van der Waals surface area contributed by atoms with Gasteiger partial charge in [-0.25, -0.2) is 0 Å². The topological polar surface area (TPSA) is 49.3 Å². The second-order valence-corrected chi connectivity index (χ2v) is 2.96. The molecule has 0 saturated carbocycles. The van der Waals surface area contributed by atoms with Crippen molar-refractivity contribution in [3.8, 4) is 5.75 Å². The fraction of sp³-hybridized carbons (Fsp3) is 0.0833. The lowest BCUT2D eigenvalue weighted by Gasteiger charge is -1.96. The van der Waals surface area contributed by atoms with E-state index in [1.807, 2.05) is 0 Å². The number of amides is 1. The Morgan fingerprint density at radius 2 is 2.07 bits per heavy atom. The molecule has 1 amide bonds. The summed E-state index contributed by atoms with van der Waals surface area (Å²) in [6, 6.07) is 6.60. The molecule has 0 unspecified atom stereocenters. The van der Waals surface area contributed by atoms with Crippen LogP contribution >= 0.6 is 0 Å². The zero-order chi connectivity index (χ0) is 11.1. The van der Waals surface area contributed by atoms with Crippen molar-refractivity contribution in [2.45, 2.75) is 0 Å². The maximum atomic E-state index is 11.1. The number of carbonyl (C=O) groups excluding carboxylic acids is 1. The highest BCUT2D eigenvalue weighted by Crippen LogP contribution is 2.10. The Labute approximate surface area is 88.7 Å². The van der Waals surface area contributed by atoms with Gasteiger partial charge in [-0.2, -0.15) is 0 Å². The van der Waals surface area contributed by atoms with Crippen molar-refractivity contribution in [1.82, 2.24) is 5.32 Å². The summed E-state index contributed by atoms with van der Waals surface area (Å²) in [4.78, 5) is 11.1. The highest BCUT2D eigenvalue weighted by Gasteiger charge is 1.92. The molecule has 1 aromatic carbocycles. The maximum Gasteiger partial charge on any atom is 0.244 e. The zero-order valence-corrected chi connectivity index (χ0v) is 8.31. The number of phenolic OH excluding ortho intramolecular Hbond substituents is 1. The highest BCUT2D eigenvalue weighted by molar-refractivity contribution is 5.91. The van der Waals surface area contributed by atoms with Crippen LogP contribution in [-0.4, -0.2) is 17.6 Å². The maximum absolute atomic E-state index is 11.1. The number of hydrogen-bond acceptors (Lipinski definition) is 2. The second-order valence-electron chi connectivity index (χ2n) is 2.96. The van der Waals surface area contributed by atoms with Crippen molar-refractivity contribution in [1.29, 1.82) is 0 Å². The summed E-state index contributed by atoms with van der Waals surface area (Å²) in [6.07, 6.45) is 4.74. The van der Waals surface area contributed by atoms with E-state index in [1.165, 1.54) is 6.08 Å². The molecule has 0 aromatic heterocycles. The van der Waals surface area contributed by atoms with Gasteiger partial charge in [-0.3, -0.25) is 4.79 Å². The smallest absolute Gasteiger partial charge is 0.244 e. The molecule has 0 atom stereocenters. The van der Waals surface area contributed by atoms with Gasteiger partial charge in [0.1, 0.15) is 5.75 Å². The van der Waals surface area contributed by atoms with Crippen LogP contribution in [-0.2, 0) is 4.79 Å². The third-order valence-electron chi connectivity index (χ3n) is 1.74. The van der Waals surface area contributed by atoms with Crippen LogP contribution in [0.25, 0.3) is 6.08 Å². The van der Waals surface area contributed by atoms with E-state index in [9.17, 15) is 4.79 Å². The number of carbonyl (C=O) groups is 1. The molecule has 78 valence electrons. The number of aromatic hydroxyl groups is 1. The van der Waals surface area contributed by atoms with E-state index in [-0.39, 0.29) is 11.7 Å². The summed E-state index contributed by atoms with van der Waals surface area (Å²) < 4.78 is 0. The van der Waals surface area contributed by atoms with E-state index in [0.717, 1.165) is 5.56 Å². The van der Waals surface area contributed by atoms with E-state index in [1.54, 1.807) is 36.4 Å². The summed E-state index contributed by atoms with van der Waals surface area (Å²) >= 11 is 0. The minimum atomic E-state index is -0.164. The van der Waals surface area contributed by atoms with Gasteiger partial charge in [-0.15, -0.1) is 6.58 Å². The molecule has 0 radical (unpaired) electrons. The molecule has 0 aliphatic rings. The summed E-state index contributed by atoms with van der Waals surface area (Å²) in [5.41, 5.74) is 0.863. The fourth-order valence-corrected chi connectivity index (χ4v) is 0.989. The summed E-state index contributed by atoms with van der Waals surface area (Å²) in [6.45, 7) is 3.95. The largest absolute Gasteiger partial charge is 0.508 e. The zero-order valence-electron chi connectivity index (χ0n) is 8.31. The third kappa shape index (κ3) is 4.13. The number of hydrogen-bond donors (Lipinski definition) is 2. The van der Waals surface area contributed by atoms with Crippen molar-refractivity contribution in [2.24, 2.45) is 0 Å². The van der Waals surface area contributed by atoms with Crippen LogP contribution in [0.3, 0.4) is 0 Å². The Kier molecular flexibility index (Phi) is 4.16. The molecular weight excluding hydrogens is 190 g/mol. The predicted octanol–water partition coefficient (Wildman–Crippen LogP) is 1.71. The Morgan fingerprint density at radius 3 is 2.67 bits per heavy atom. The molecule has 3 heteroatoms. The molecule has 0 spiro atoms. The number of nitrogens with one attached hydrogen (secondary N) is 1. The summed E-state index contributed by atoms with van der Waals surface area (Å²) in [7, 11) is 0. The van der Waals surface area contributed by atoms with Crippen molar-refractivity contribution in [2.75, 3.05) is 6.54 Å². The van der Waals surface area contributed by atoms with Crippen LogP contribution in [0.5, 0.6) is 5.75 Å². The Bertz CT molecular complexity index is 366. The monoisotopic (exact) mass is 203 g/mol. The molecule has 0 aliphatic heterocycles. The van der Waals surface area contributed by atoms with Gasteiger partial charge in [0.15, 0.2) is 0 Å². The molecule has 1 rings (SSSR count). The first-order valence-corrected chi connectivity index (χ1v) is 4.58. The number of phenols is 1. The minimum absolute atomic E-state index is 0.164. The summed E-state index contributed by atoms with van der Waals surface area (Å²) in [5.74, 6) is 0.0474. The van der Waals surface area contributed by atoms with Crippen LogP contribution in [0, 0.1) is 0 Å². The first kappa shape index (κ1) is 11.0. The first-order chi connectivity index (χ1) is 7.22. The van der Waals surface area contributed by atoms with Crippen molar-refractivity contribution < 1.29 is 9.90 Å². The van der Waals surface area contributed by atoms with Gasteiger partial charge in [0.25, 0.3) is 0 Å². The van der Waals surface area contributed by atoms with E-state index < -0.39 is 0 Å². The van der Waals surface area contributed by atoms with Gasteiger partial charge in [0.2, 0.25) is 5.91 Å². The van der Waals surface area contributed by atoms with E-state index in [2.05, 4.69) is 11.9 Å². The second kappa shape index (κ2) is 5.65. The average molecular weight is 203 g/mol. The minimum Gasteiger partial charge on any atom is -0.508 e. The molecule has 1 aromatic rings. The quantitative estimate of drug-likeness (QED) is 0.578. The lowest BCUT2D eigenvalue weighted by atomic mass is 10.2. The summed E-state index contributed by atoms with van der Waals surface area (Å²) in [5, 5.41) is 11.7. The van der Waals surface area contributed by atoms with E-state index in [0.29, 0.717) is 6.54 Å². The van der Waals surface area contributed by atoms with Gasteiger partial charge >= 0.3 is 0 Å². The molecule has 0 bridgehead atoms. The van der Waals surface area contributed by atoms with Crippen LogP contribution in [0.1, 0.15) is 5.56 Å². The molecule has 3 nitrogen and oxygen atoms in total. The predicted molar refractivity (Wildman–Crippen MR) is 60.3 cm³/mol. The molecular formula is C12H13NO2. The normalized spacial score (nSPS) is 10.1. The highest BCUT2D eigenvalue weighted by atomic mass is 16.3. The number of rotatable bonds is 4. The third-order valence-corrected chi connectivity index (χ3v) is 1.74. The van der Waals surface area contributed by atoms with Gasteiger partial charge in [-0.05, 0) is 23.8 Å². The molecule has 15 heavy (non-hydrogen) atoms. The van der Waals surface area contributed by atoms with Crippen molar-refractivity contribution >= 4 is 12.0 Å². The van der Waals surface area contributed by atoms with Crippen molar-refractivity contribution in [3.63, 3.8) is 0 Å². The van der Waals surface area contributed by atoms with Gasteiger partial charge in [0.05, 0.1) is 0 Å². The molecule has 0 saturated heterocycles. The van der Waals surface area contributed by atoms with E-state index in [4.69, 9.17) is 5.11 Å². The lowest BCUT2D eigenvalue weighted by Crippen LogP contribution is -2.20. The molecule has 0 aliphatic carbocycles. The van der Waals surface area contributed by atoms with Crippen LogP contribution in [0.2, 0.25) is 0 Å². The van der Waals surface area contributed by atoms with E-state index >= 15 is 0 Å². The first-order valence-electron chi connectivity index (χ1n) is 4.58. The molecule has 0 fully saturated rings. The van der Waals surface area contributed by atoms with Crippen molar-refractivity contribution in [3.05, 3.63) is 48.6 Å². The van der Waals surface area contributed by atoms with Gasteiger partial charge in [-0.1, -0.05) is 18.2 Å². The Hall–Kier alpha value is -2.03. The van der Waals surface area contributed by atoms with Gasteiger partial charge in [0, 0.05) is 12.6 Å². The van der Waals surface area contributed by atoms with Crippen LogP contribution in [0.4, 0.5) is 0 Å². The SMILES string of the molecule is C=CCNC(=O)/C=C/c1ccc(O)cc1. The number of benzene rings is 1. The standard InChI is InChI=1S/C12H13NO2/c1-2-9-13-12(15)8-5-10-3-6-11(14)7-4-10/h2-8,14H,1,9H2,(H,13,15)/b8-5+. The Balaban J connectivity index is 2.53. The molecule has 2 N–H and O–H groups in total. The Morgan fingerprint density at radius 1 is 1.40 bits per heavy atom. The lowest BCUT2D eigenvalue weighted by molar-refractivity contribution is -0.116. The van der Waals surface area contributed by atoms with Crippen LogP contribution < -0.4 is 5.32 Å². The fourth-order valence-electron chi connectivity index (χ4n) is 0.989. The molecule has 0 heterocycles.